The maximum absolute atomic E-state index is 12.0. The van der Waals surface area contributed by atoms with Gasteiger partial charge in [0.1, 0.15) is 11.5 Å². The van der Waals surface area contributed by atoms with Crippen LogP contribution in [0.5, 0.6) is 0 Å². The number of nitro benzene ring substituents is 1. The highest BCUT2D eigenvalue weighted by atomic mass is 16.6. The molecule has 0 saturated carbocycles. The highest BCUT2D eigenvalue weighted by molar-refractivity contribution is 6.03. The summed E-state index contributed by atoms with van der Waals surface area (Å²) in [6.07, 6.45) is 0. The van der Waals surface area contributed by atoms with Crippen molar-refractivity contribution in [2.45, 2.75) is 6.92 Å². The number of hydrogen-bond donors (Lipinski definition) is 2. The molecule has 0 aliphatic carbocycles. The zero-order chi connectivity index (χ0) is 14.7. The van der Waals surface area contributed by atoms with Gasteiger partial charge in [-0.2, -0.15) is 0 Å². The van der Waals surface area contributed by atoms with E-state index in [1.807, 2.05) is 0 Å². The van der Waals surface area contributed by atoms with E-state index < -0.39 is 10.8 Å². The molecule has 102 valence electrons. The molecule has 1 aromatic carbocycles. The van der Waals surface area contributed by atoms with E-state index in [2.05, 4.69) is 10.3 Å². The first-order chi connectivity index (χ1) is 9.49. The largest absolute Gasteiger partial charge is 0.384 e. The van der Waals surface area contributed by atoms with Gasteiger partial charge < -0.3 is 11.1 Å². The first kappa shape index (κ1) is 13.5. The number of rotatable bonds is 3. The van der Waals surface area contributed by atoms with E-state index in [4.69, 9.17) is 5.73 Å². The Morgan fingerprint density at radius 1 is 1.30 bits per heavy atom. The van der Waals surface area contributed by atoms with Gasteiger partial charge in [0.05, 0.1) is 16.2 Å². The lowest BCUT2D eigenvalue weighted by atomic mass is 10.1. The minimum absolute atomic E-state index is 0.0525. The fraction of sp³-hybridized carbons (Fsp3) is 0.0769. The molecular weight excluding hydrogens is 260 g/mol. The van der Waals surface area contributed by atoms with Gasteiger partial charge in [-0.3, -0.25) is 14.9 Å². The number of anilines is 2. The fourth-order valence-corrected chi connectivity index (χ4v) is 1.72. The molecule has 0 atom stereocenters. The molecule has 7 heteroatoms. The van der Waals surface area contributed by atoms with E-state index in [0.29, 0.717) is 11.3 Å². The van der Waals surface area contributed by atoms with Crippen molar-refractivity contribution in [1.29, 1.82) is 0 Å². The molecule has 3 N–H and O–H groups in total. The molecule has 0 aliphatic heterocycles. The van der Waals surface area contributed by atoms with Gasteiger partial charge >= 0.3 is 0 Å². The van der Waals surface area contributed by atoms with Gasteiger partial charge in [-0.25, -0.2) is 4.98 Å². The zero-order valence-electron chi connectivity index (χ0n) is 10.7. The summed E-state index contributed by atoms with van der Waals surface area (Å²) in [6.45, 7) is 1.57. The van der Waals surface area contributed by atoms with Crippen molar-refractivity contribution < 1.29 is 9.72 Å². The van der Waals surface area contributed by atoms with Gasteiger partial charge in [-0.15, -0.1) is 0 Å². The molecule has 0 unspecified atom stereocenters. The van der Waals surface area contributed by atoms with Crippen LogP contribution in [-0.2, 0) is 0 Å². The molecule has 1 aromatic heterocycles. The molecule has 2 rings (SSSR count). The smallest absolute Gasteiger partial charge is 0.274 e. The first-order valence-electron chi connectivity index (χ1n) is 5.77. The van der Waals surface area contributed by atoms with E-state index in [9.17, 15) is 14.9 Å². The minimum Gasteiger partial charge on any atom is -0.384 e. The van der Waals surface area contributed by atoms with Gasteiger partial charge in [0, 0.05) is 6.07 Å². The Morgan fingerprint density at radius 2 is 2.00 bits per heavy atom. The Morgan fingerprint density at radius 3 is 2.65 bits per heavy atom. The van der Waals surface area contributed by atoms with Crippen LogP contribution >= 0.6 is 0 Å². The second kappa shape index (κ2) is 5.35. The fourth-order valence-electron chi connectivity index (χ4n) is 1.72. The molecule has 7 nitrogen and oxygen atoms in total. The number of amides is 1. The summed E-state index contributed by atoms with van der Waals surface area (Å²) in [6, 6.07) is 9.16. The molecule has 0 saturated heterocycles. The van der Waals surface area contributed by atoms with E-state index in [1.54, 1.807) is 25.1 Å². The van der Waals surface area contributed by atoms with Crippen LogP contribution in [0.3, 0.4) is 0 Å². The van der Waals surface area contributed by atoms with Crippen molar-refractivity contribution in [2.24, 2.45) is 0 Å². The number of carbonyl (C=O) groups excluding carboxylic acids is 1. The summed E-state index contributed by atoms with van der Waals surface area (Å²) in [7, 11) is 0. The summed E-state index contributed by atoms with van der Waals surface area (Å²) in [4.78, 5) is 26.2. The van der Waals surface area contributed by atoms with Crippen LogP contribution in [0.1, 0.15) is 16.1 Å². The Hall–Kier alpha value is -2.96. The van der Waals surface area contributed by atoms with E-state index in [1.165, 1.54) is 18.2 Å². The van der Waals surface area contributed by atoms with Crippen LogP contribution in [-0.4, -0.2) is 15.8 Å². The summed E-state index contributed by atoms with van der Waals surface area (Å²) in [5.74, 6) is -0.241. The van der Waals surface area contributed by atoms with E-state index >= 15 is 0 Å². The SMILES string of the molecule is Cc1c(NC(=O)c2cccc(N)n2)cccc1[N+](=O)[O-]. The van der Waals surface area contributed by atoms with Gasteiger partial charge in [0.2, 0.25) is 0 Å². The lowest BCUT2D eigenvalue weighted by Crippen LogP contribution is -2.15. The van der Waals surface area contributed by atoms with Crippen molar-refractivity contribution in [3.63, 3.8) is 0 Å². The summed E-state index contributed by atoms with van der Waals surface area (Å²) >= 11 is 0. The van der Waals surface area contributed by atoms with Crippen molar-refractivity contribution in [2.75, 3.05) is 11.1 Å². The molecule has 1 amide bonds. The summed E-state index contributed by atoms with van der Waals surface area (Å²) in [5, 5.41) is 13.4. The average Bonchev–Trinajstić information content (AvgIpc) is 2.40. The second-order valence-corrected chi connectivity index (χ2v) is 4.11. The standard InChI is InChI=1S/C13H12N4O3/c1-8-9(4-2-6-11(8)17(19)20)16-13(18)10-5-3-7-12(14)15-10/h2-7H,1H3,(H2,14,15)(H,16,18). The number of pyridine rings is 1. The molecule has 0 bridgehead atoms. The van der Waals surface area contributed by atoms with E-state index in [-0.39, 0.29) is 17.2 Å². The van der Waals surface area contributed by atoms with Gasteiger partial charge in [-0.05, 0) is 25.1 Å². The zero-order valence-corrected chi connectivity index (χ0v) is 10.7. The lowest BCUT2D eigenvalue weighted by molar-refractivity contribution is -0.385. The van der Waals surface area contributed by atoms with Crippen LogP contribution in [0.25, 0.3) is 0 Å². The topological polar surface area (TPSA) is 111 Å². The van der Waals surface area contributed by atoms with Gasteiger partial charge in [0.15, 0.2) is 0 Å². The molecule has 20 heavy (non-hydrogen) atoms. The Bertz CT molecular complexity index is 685. The summed E-state index contributed by atoms with van der Waals surface area (Å²) < 4.78 is 0. The van der Waals surface area contributed by atoms with Crippen molar-refractivity contribution >= 4 is 23.1 Å². The Labute approximate surface area is 114 Å². The molecule has 0 aliphatic rings. The molecule has 1 heterocycles. The van der Waals surface area contributed by atoms with Crippen LogP contribution in [0.15, 0.2) is 36.4 Å². The number of nitrogen functional groups attached to an aromatic ring is 1. The number of nitrogens with one attached hydrogen (secondary N) is 1. The highest BCUT2D eigenvalue weighted by Gasteiger charge is 2.16. The summed E-state index contributed by atoms with van der Waals surface area (Å²) in [5.41, 5.74) is 6.35. The molecule has 0 spiro atoms. The maximum atomic E-state index is 12.0. The monoisotopic (exact) mass is 272 g/mol. The van der Waals surface area contributed by atoms with Crippen molar-refractivity contribution in [1.82, 2.24) is 4.98 Å². The number of nitrogens with zero attached hydrogens (tertiary/aromatic N) is 2. The number of nitrogens with two attached hydrogens (primary N) is 1. The van der Waals surface area contributed by atoms with Gasteiger partial charge in [0.25, 0.3) is 11.6 Å². The van der Waals surface area contributed by atoms with Crippen LogP contribution in [0.2, 0.25) is 0 Å². The van der Waals surface area contributed by atoms with Crippen molar-refractivity contribution in [3.8, 4) is 0 Å². The van der Waals surface area contributed by atoms with Crippen LogP contribution in [0.4, 0.5) is 17.2 Å². The third kappa shape index (κ3) is 2.72. The lowest BCUT2D eigenvalue weighted by Gasteiger charge is -2.08. The predicted octanol–water partition coefficient (Wildman–Crippen LogP) is 2.13. The quantitative estimate of drug-likeness (QED) is 0.656. The van der Waals surface area contributed by atoms with Crippen LogP contribution < -0.4 is 11.1 Å². The number of nitro groups is 1. The van der Waals surface area contributed by atoms with Crippen LogP contribution in [0, 0.1) is 17.0 Å². The Balaban J connectivity index is 2.29. The number of benzene rings is 1. The van der Waals surface area contributed by atoms with E-state index in [0.717, 1.165) is 0 Å². The van der Waals surface area contributed by atoms with Gasteiger partial charge in [-0.1, -0.05) is 12.1 Å². The molecule has 2 aromatic rings. The third-order valence-corrected chi connectivity index (χ3v) is 2.75. The molecule has 0 radical (unpaired) electrons. The minimum atomic E-state index is -0.496. The maximum Gasteiger partial charge on any atom is 0.274 e. The number of hydrogen-bond acceptors (Lipinski definition) is 5. The molecule has 0 fully saturated rings. The highest BCUT2D eigenvalue weighted by Crippen LogP contribution is 2.25. The normalized spacial score (nSPS) is 10.1. The first-order valence-corrected chi connectivity index (χ1v) is 5.77. The second-order valence-electron chi connectivity index (χ2n) is 4.11. The van der Waals surface area contributed by atoms with Crippen molar-refractivity contribution in [3.05, 3.63) is 57.8 Å². The number of carbonyl (C=O) groups is 1. The number of aromatic nitrogens is 1. The third-order valence-electron chi connectivity index (χ3n) is 2.75. The Kier molecular flexibility index (Phi) is 3.60. The molecular formula is C13H12N4O3. The average molecular weight is 272 g/mol. The predicted molar refractivity (Wildman–Crippen MR) is 74.4 cm³/mol.